The molecule has 4 unspecified atom stereocenters. The van der Waals surface area contributed by atoms with Gasteiger partial charge in [-0.3, -0.25) is 0 Å². The molecule has 122 valence electrons. The van der Waals surface area contributed by atoms with Crippen molar-refractivity contribution < 1.29 is 19.7 Å². The van der Waals surface area contributed by atoms with Crippen LogP contribution in [0.5, 0.6) is 0 Å². The van der Waals surface area contributed by atoms with Crippen molar-refractivity contribution >= 4 is 0 Å². The average Bonchev–Trinajstić information content (AvgIpc) is 2.42. The molecular weight excluding hydrogens is 256 g/mol. The van der Waals surface area contributed by atoms with Crippen LogP contribution in [0.3, 0.4) is 0 Å². The molecule has 0 amide bonds. The Morgan fingerprint density at radius 2 is 1.70 bits per heavy atom. The Labute approximate surface area is 124 Å². The zero-order chi connectivity index (χ0) is 15.6. The van der Waals surface area contributed by atoms with Gasteiger partial charge < -0.3 is 19.7 Å². The van der Waals surface area contributed by atoms with Crippen LogP contribution in [0.1, 0.15) is 60.3 Å². The van der Waals surface area contributed by atoms with E-state index in [4.69, 9.17) is 9.47 Å². The highest BCUT2D eigenvalue weighted by Gasteiger charge is 2.27. The molecular formula is C16H34O4. The van der Waals surface area contributed by atoms with Gasteiger partial charge in [-0.15, -0.1) is 0 Å². The lowest BCUT2D eigenvalue weighted by atomic mass is 9.95. The largest absolute Gasteiger partial charge is 0.391 e. The van der Waals surface area contributed by atoms with Crippen LogP contribution in [0.4, 0.5) is 0 Å². The van der Waals surface area contributed by atoms with Gasteiger partial charge in [-0.25, -0.2) is 0 Å². The molecule has 0 aromatic heterocycles. The minimum atomic E-state index is -0.522. The van der Waals surface area contributed by atoms with Gasteiger partial charge in [0.1, 0.15) is 0 Å². The van der Waals surface area contributed by atoms with E-state index >= 15 is 0 Å². The third-order valence-electron chi connectivity index (χ3n) is 3.93. The third-order valence-corrected chi connectivity index (χ3v) is 3.93. The summed E-state index contributed by atoms with van der Waals surface area (Å²) >= 11 is 0. The molecule has 0 rings (SSSR count). The van der Waals surface area contributed by atoms with E-state index in [9.17, 15) is 10.2 Å². The fraction of sp³-hybridized carbons (Fsp3) is 1.00. The maximum absolute atomic E-state index is 9.97. The summed E-state index contributed by atoms with van der Waals surface area (Å²) in [6.45, 7) is 11.5. The van der Waals surface area contributed by atoms with E-state index in [-0.39, 0.29) is 0 Å². The summed E-state index contributed by atoms with van der Waals surface area (Å²) in [6, 6.07) is 0. The minimum Gasteiger partial charge on any atom is -0.391 e. The standard InChI is InChI=1S/C16H34O4/c1-6-13(4)9-14(17)12-20-16(5,7-2)10-15(18)11-19-8-3/h13-15,17-18H,6-12H2,1-5H3. The Morgan fingerprint density at radius 1 is 1.05 bits per heavy atom. The Kier molecular flexibility index (Phi) is 10.5. The van der Waals surface area contributed by atoms with Gasteiger partial charge in [0.15, 0.2) is 0 Å². The van der Waals surface area contributed by atoms with E-state index in [0.29, 0.717) is 32.2 Å². The number of rotatable bonds is 12. The first-order valence-corrected chi connectivity index (χ1v) is 7.94. The van der Waals surface area contributed by atoms with E-state index in [1.165, 1.54) is 0 Å². The molecule has 0 aromatic carbocycles. The minimum absolute atomic E-state index is 0.329. The Morgan fingerprint density at radius 3 is 2.20 bits per heavy atom. The van der Waals surface area contributed by atoms with Crippen LogP contribution in [-0.4, -0.2) is 47.8 Å². The summed E-state index contributed by atoms with van der Waals surface area (Å²) in [7, 11) is 0. The van der Waals surface area contributed by atoms with Crippen LogP contribution < -0.4 is 0 Å². The van der Waals surface area contributed by atoms with Gasteiger partial charge >= 0.3 is 0 Å². The van der Waals surface area contributed by atoms with Crippen LogP contribution >= 0.6 is 0 Å². The topological polar surface area (TPSA) is 58.9 Å². The van der Waals surface area contributed by atoms with Crippen LogP contribution in [0.15, 0.2) is 0 Å². The van der Waals surface area contributed by atoms with Crippen molar-refractivity contribution in [1.82, 2.24) is 0 Å². The van der Waals surface area contributed by atoms with E-state index in [0.717, 1.165) is 19.3 Å². The molecule has 2 N–H and O–H groups in total. The maximum atomic E-state index is 9.97. The molecule has 4 atom stereocenters. The quantitative estimate of drug-likeness (QED) is 0.580. The van der Waals surface area contributed by atoms with Crippen molar-refractivity contribution in [2.75, 3.05) is 19.8 Å². The SMILES string of the molecule is CCOCC(O)CC(C)(CC)OCC(O)CC(C)CC. The lowest BCUT2D eigenvalue weighted by Crippen LogP contribution is -2.37. The van der Waals surface area contributed by atoms with E-state index < -0.39 is 17.8 Å². The predicted octanol–water partition coefficient (Wildman–Crippen LogP) is 2.76. The van der Waals surface area contributed by atoms with Gasteiger partial charge in [0.2, 0.25) is 0 Å². The first kappa shape index (κ1) is 19.8. The third kappa shape index (κ3) is 8.90. The summed E-state index contributed by atoms with van der Waals surface area (Å²) < 4.78 is 11.1. The van der Waals surface area contributed by atoms with Crippen molar-refractivity contribution in [3.8, 4) is 0 Å². The molecule has 20 heavy (non-hydrogen) atoms. The van der Waals surface area contributed by atoms with Gasteiger partial charge in [0.05, 0.1) is 31.0 Å². The molecule has 4 nitrogen and oxygen atoms in total. The molecule has 0 spiro atoms. The van der Waals surface area contributed by atoms with Crippen molar-refractivity contribution in [2.24, 2.45) is 5.92 Å². The van der Waals surface area contributed by atoms with Crippen molar-refractivity contribution in [3.05, 3.63) is 0 Å². The second-order valence-corrected chi connectivity index (χ2v) is 6.03. The Balaban J connectivity index is 4.15. The van der Waals surface area contributed by atoms with Crippen LogP contribution in [0.25, 0.3) is 0 Å². The molecule has 0 bridgehead atoms. The molecule has 0 heterocycles. The summed E-state index contributed by atoms with van der Waals surface area (Å²) in [5, 5.41) is 19.9. The molecule has 0 saturated heterocycles. The highest BCUT2D eigenvalue weighted by atomic mass is 16.5. The second kappa shape index (κ2) is 10.6. The zero-order valence-corrected chi connectivity index (χ0v) is 13.9. The number of aliphatic hydroxyl groups is 2. The summed E-state index contributed by atoms with van der Waals surface area (Å²) in [5.74, 6) is 0.505. The molecule has 0 aliphatic rings. The van der Waals surface area contributed by atoms with Gasteiger partial charge in [-0.05, 0) is 32.6 Å². The van der Waals surface area contributed by atoms with Gasteiger partial charge in [-0.1, -0.05) is 27.2 Å². The molecule has 0 radical (unpaired) electrons. The van der Waals surface area contributed by atoms with E-state index in [1.807, 2.05) is 20.8 Å². The summed E-state index contributed by atoms with van der Waals surface area (Å²) in [5.41, 5.74) is -0.410. The molecule has 0 fully saturated rings. The first-order valence-electron chi connectivity index (χ1n) is 7.94. The van der Waals surface area contributed by atoms with Crippen molar-refractivity contribution in [3.63, 3.8) is 0 Å². The lowest BCUT2D eigenvalue weighted by Gasteiger charge is -2.32. The van der Waals surface area contributed by atoms with Gasteiger partial charge in [0, 0.05) is 13.0 Å². The molecule has 0 aliphatic carbocycles. The fourth-order valence-corrected chi connectivity index (χ4v) is 2.11. The first-order chi connectivity index (χ1) is 9.36. The number of hydrogen-bond acceptors (Lipinski definition) is 4. The van der Waals surface area contributed by atoms with Crippen LogP contribution in [-0.2, 0) is 9.47 Å². The molecule has 4 heteroatoms. The monoisotopic (exact) mass is 290 g/mol. The van der Waals surface area contributed by atoms with Gasteiger partial charge in [0.25, 0.3) is 0 Å². The Hall–Kier alpha value is -0.160. The summed E-state index contributed by atoms with van der Waals surface area (Å²) in [4.78, 5) is 0. The average molecular weight is 290 g/mol. The second-order valence-electron chi connectivity index (χ2n) is 6.03. The highest BCUT2D eigenvalue weighted by Crippen LogP contribution is 2.23. The normalized spacial score (nSPS) is 19.4. The smallest absolute Gasteiger partial charge is 0.0801 e. The maximum Gasteiger partial charge on any atom is 0.0801 e. The van der Waals surface area contributed by atoms with Gasteiger partial charge in [-0.2, -0.15) is 0 Å². The number of hydrogen-bond donors (Lipinski definition) is 2. The van der Waals surface area contributed by atoms with E-state index in [2.05, 4.69) is 13.8 Å². The van der Waals surface area contributed by atoms with Crippen molar-refractivity contribution in [2.45, 2.75) is 78.1 Å². The van der Waals surface area contributed by atoms with Crippen LogP contribution in [0, 0.1) is 5.92 Å². The molecule has 0 aliphatic heterocycles. The van der Waals surface area contributed by atoms with E-state index in [1.54, 1.807) is 0 Å². The number of ether oxygens (including phenoxy) is 2. The van der Waals surface area contributed by atoms with Crippen molar-refractivity contribution in [1.29, 1.82) is 0 Å². The Bertz CT molecular complexity index is 235. The molecule has 0 saturated carbocycles. The highest BCUT2D eigenvalue weighted by molar-refractivity contribution is 4.78. The lowest BCUT2D eigenvalue weighted by molar-refractivity contribution is -0.103. The summed E-state index contributed by atoms with van der Waals surface area (Å²) in [6.07, 6.45) is 2.20. The number of aliphatic hydroxyl groups excluding tert-OH is 2. The zero-order valence-electron chi connectivity index (χ0n) is 13.9. The predicted molar refractivity (Wildman–Crippen MR) is 81.8 cm³/mol. The fourth-order valence-electron chi connectivity index (χ4n) is 2.11. The van der Waals surface area contributed by atoms with Crippen LogP contribution in [0.2, 0.25) is 0 Å². The molecule has 0 aromatic rings.